The summed E-state index contributed by atoms with van der Waals surface area (Å²) in [4.78, 5) is 0. The highest BCUT2D eigenvalue weighted by atomic mass is 14.8. The molecule has 0 fully saturated rings. The van der Waals surface area contributed by atoms with Crippen molar-refractivity contribution in [3.8, 4) is 0 Å². The van der Waals surface area contributed by atoms with E-state index in [-0.39, 0.29) is 0 Å². The van der Waals surface area contributed by atoms with Crippen LogP contribution in [0.4, 0.5) is 0 Å². The molecule has 0 aromatic carbocycles. The fraction of sp³-hybridized carbons (Fsp3) is 0.778. The van der Waals surface area contributed by atoms with E-state index in [1.54, 1.807) is 0 Å². The third kappa shape index (κ3) is 2.42. The van der Waals surface area contributed by atoms with Crippen LogP contribution in [0.5, 0.6) is 0 Å². The second kappa shape index (κ2) is 4.37. The monoisotopic (exact) mass is 139 g/mol. The predicted molar refractivity (Wildman–Crippen MR) is 44.8 cm³/mol. The smallest absolute Gasteiger partial charge is 0.00635 e. The van der Waals surface area contributed by atoms with Crippen molar-refractivity contribution in [3.63, 3.8) is 0 Å². The first-order valence-electron chi connectivity index (χ1n) is 4.30. The Kier molecular flexibility index (Phi) is 3.34. The Hall–Kier alpha value is -0.460. The molecule has 1 heteroatoms. The Morgan fingerprint density at radius 1 is 1.20 bits per heavy atom. The van der Waals surface area contributed by atoms with Crippen molar-refractivity contribution < 1.29 is 0 Å². The van der Waals surface area contributed by atoms with Crippen molar-refractivity contribution in [2.75, 3.05) is 7.05 Å². The number of hydrogen-bond acceptors (Lipinski definition) is 1. The van der Waals surface area contributed by atoms with Crippen LogP contribution in [0.2, 0.25) is 0 Å². The van der Waals surface area contributed by atoms with Crippen LogP contribution in [0.25, 0.3) is 0 Å². The lowest BCUT2D eigenvalue weighted by molar-refractivity contribution is 0.610. The fourth-order valence-electron chi connectivity index (χ4n) is 1.42. The molecule has 0 atom stereocenters. The van der Waals surface area contributed by atoms with Crippen LogP contribution in [0.15, 0.2) is 11.8 Å². The third-order valence-corrected chi connectivity index (χ3v) is 2.11. The van der Waals surface area contributed by atoms with E-state index in [0.29, 0.717) is 0 Å². The van der Waals surface area contributed by atoms with Gasteiger partial charge in [0.25, 0.3) is 0 Å². The maximum Gasteiger partial charge on any atom is 0.00635 e. The molecule has 0 amide bonds. The summed E-state index contributed by atoms with van der Waals surface area (Å²) in [6.07, 6.45) is 10.5. The van der Waals surface area contributed by atoms with Crippen molar-refractivity contribution in [2.24, 2.45) is 0 Å². The Morgan fingerprint density at radius 2 is 2.00 bits per heavy atom. The number of hydrogen-bond donors (Lipinski definition) is 1. The summed E-state index contributed by atoms with van der Waals surface area (Å²) in [6, 6.07) is 0. The van der Waals surface area contributed by atoms with E-state index in [1.807, 2.05) is 7.05 Å². The van der Waals surface area contributed by atoms with Crippen LogP contribution in [0.1, 0.15) is 38.5 Å². The molecule has 58 valence electrons. The Morgan fingerprint density at radius 3 is 2.80 bits per heavy atom. The van der Waals surface area contributed by atoms with Gasteiger partial charge in [0, 0.05) is 12.7 Å². The highest BCUT2D eigenvalue weighted by Crippen LogP contribution is 2.14. The predicted octanol–water partition coefficient (Wildman–Crippen LogP) is 2.44. The molecule has 1 aliphatic rings. The summed E-state index contributed by atoms with van der Waals surface area (Å²) in [5.74, 6) is 0. The largest absolute Gasteiger partial charge is 0.392 e. The standard InChI is InChI=1S/C9H17N/c1-10-9-7-5-3-2-4-6-8-9/h7,10H,2-6,8H2,1H3. The highest BCUT2D eigenvalue weighted by Gasteiger charge is 1.98. The van der Waals surface area contributed by atoms with E-state index in [0.717, 1.165) is 0 Å². The lowest BCUT2D eigenvalue weighted by Gasteiger charge is -2.09. The van der Waals surface area contributed by atoms with Gasteiger partial charge in [0.05, 0.1) is 0 Å². The summed E-state index contributed by atoms with van der Waals surface area (Å²) >= 11 is 0. The minimum Gasteiger partial charge on any atom is -0.392 e. The van der Waals surface area contributed by atoms with E-state index in [1.165, 1.54) is 44.2 Å². The van der Waals surface area contributed by atoms with Crippen LogP contribution in [0.3, 0.4) is 0 Å². The minimum absolute atomic E-state index is 1.26. The van der Waals surface area contributed by atoms with Gasteiger partial charge in [-0.2, -0.15) is 0 Å². The van der Waals surface area contributed by atoms with E-state index >= 15 is 0 Å². The molecule has 0 heterocycles. The van der Waals surface area contributed by atoms with Gasteiger partial charge in [-0.05, 0) is 25.7 Å². The van der Waals surface area contributed by atoms with Gasteiger partial charge < -0.3 is 5.32 Å². The molecule has 0 bridgehead atoms. The average molecular weight is 139 g/mol. The quantitative estimate of drug-likeness (QED) is 0.588. The number of nitrogens with one attached hydrogen (secondary N) is 1. The van der Waals surface area contributed by atoms with Crippen molar-refractivity contribution in [3.05, 3.63) is 11.8 Å². The summed E-state index contributed by atoms with van der Waals surface area (Å²) in [7, 11) is 2.02. The molecule has 1 aliphatic carbocycles. The van der Waals surface area contributed by atoms with Crippen molar-refractivity contribution in [1.82, 2.24) is 5.32 Å². The molecule has 0 radical (unpaired) electrons. The van der Waals surface area contributed by atoms with Crippen LogP contribution < -0.4 is 5.32 Å². The molecular weight excluding hydrogens is 122 g/mol. The molecule has 0 spiro atoms. The molecule has 10 heavy (non-hydrogen) atoms. The second-order valence-corrected chi connectivity index (χ2v) is 2.93. The molecule has 0 saturated heterocycles. The molecule has 0 unspecified atom stereocenters. The molecule has 0 aliphatic heterocycles. The zero-order valence-corrected chi connectivity index (χ0v) is 6.82. The topological polar surface area (TPSA) is 12.0 Å². The maximum absolute atomic E-state index is 3.23. The van der Waals surface area contributed by atoms with E-state index in [2.05, 4.69) is 11.4 Å². The van der Waals surface area contributed by atoms with E-state index in [9.17, 15) is 0 Å². The van der Waals surface area contributed by atoms with Crippen LogP contribution in [-0.2, 0) is 0 Å². The molecule has 1 rings (SSSR count). The highest BCUT2D eigenvalue weighted by molar-refractivity contribution is 4.99. The van der Waals surface area contributed by atoms with Crippen molar-refractivity contribution in [1.29, 1.82) is 0 Å². The van der Waals surface area contributed by atoms with Gasteiger partial charge in [-0.25, -0.2) is 0 Å². The summed E-state index contributed by atoms with van der Waals surface area (Å²) in [5.41, 5.74) is 1.44. The second-order valence-electron chi connectivity index (χ2n) is 2.93. The van der Waals surface area contributed by atoms with Crippen molar-refractivity contribution in [2.45, 2.75) is 38.5 Å². The summed E-state index contributed by atoms with van der Waals surface area (Å²) in [6.45, 7) is 0. The minimum atomic E-state index is 1.26. The SMILES string of the molecule is CNC1=CCCCCCC1. The van der Waals surface area contributed by atoms with Gasteiger partial charge in [-0.15, -0.1) is 0 Å². The van der Waals surface area contributed by atoms with Gasteiger partial charge in [0.15, 0.2) is 0 Å². The molecule has 1 N–H and O–H groups in total. The van der Waals surface area contributed by atoms with Gasteiger partial charge in [0.1, 0.15) is 0 Å². The summed E-state index contributed by atoms with van der Waals surface area (Å²) < 4.78 is 0. The lowest BCUT2D eigenvalue weighted by Crippen LogP contribution is -2.06. The van der Waals surface area contributed by atoms with E-state index in [4.69, 9.17) is 0 Å². The third-order valence-electron chi connectivity index (χ3n) is 2.11. The average Bonchev–Trinajstić information content (AvgIpc) is 1.87. The lowest BCUT2D eigenvalue weighted by atomic mass is 10.0. The molecule has 0 aromatic rings. The first-order valence-corrected chi connectivity index (χ1v) is 4.30. The number of rotatable bonds is 1. The van der Waals surface area contributed by atoms with Gasteiger partial charge in [-0.3, -0.25) is 0 Å². The Labute approximate surface area is 63.5 Å². The molecule has 0 aromatic heterocycles. The zero-order chi connectivity index (χ0) is 7.23. The van der Waals surface area contributed by atoms with Gasteiger partial charge in [0.2, 0.25) is 0 Å². The first-order chi connectivity index (χ1) is 4.93. The van der Waals surface area contributed by atoms with Crippen LogP contribution in [0, 0.1) is 0 Å². The van der Waals surface area contributed by atoms with Gasteiger partial charge >= 0.3 is 0 Å². The first kappa shape index (κ1) is 7.64. The molecule has 1 nitrogen and oxygen atoms in total. The van der Waals surface area contributed by atoms with Crippen LogP contribution in [-0.4, -0.2) is 7.05 Å². The maximum atomic E-state index is 3.23. The van der Waals surface area contributed by atoms with Gasteiger partial charge in [-0.1, -0.05) is 18.9 Å². The summed E-state index contributed by atoms with van der Waals surface area (Å²) in [5, 5.41) is 3.23. The molecular formula is C9H17N. The number of allylic oxidation sites excluding steroid dienone is 2. The van der Waals surface area contributed by atoms with Crippen molar-refractivity contribution >= 4 is 0 Å². The van der Waals surface area contributed by atoms with Crippen LogP contribution >= 0.6 is 0 Å². The fourth-order valence-corrected chi connectivity index (χ4v) is 1.42. The zero-order valence-electron chi connectivity index (χ0n) is 6.82. The normalized spacial score (nSPS) is 20.7. The Balaban J connectivity index is 2.35. The van der Waals surface area contributed by atoms with E-state index < -0.39 is 0 Å². The molecule has 0 saturated carbocycles. The Bertz CT molecular complexity index is 116.